The second kappa shape index (κ2) is 7.10. The summed E-state index contributed by atoms with van der Waals surface area (Å²) in [5, 5.41) is 15.3. The minimum atomic E-state index is 0.671. The van der Waals surface area contributed by atoms with Crippen LogP contribution < -0.4 is 0 Å². The lowest BCUT2D eigenvalue weighted by Gasteiger charge is -2.14. The maximum atomic E-state index is 4.74. The van der Waals surface area contributed by atoms with Crippen LogP contribution in [0.2, 0.25) is 0 Å². The largest absolute Gasteiger partial charge is 0.295 e. The molecule has 138 valence electrons. The fourth-order valence-corrected chi connectivity index (χ4v) is 4.07. The van der Waals surface area contributed by atoms with Crippen molar-refractivity contribution in [1.29, 1.82) is 0 Å². The van der Waals surface area contributed by atoms with Crippen LogP contribution in [0, 0.1) is 0 Å². The quantitative estimate of drug-likeness (QED) is 0.456. The van der Waals surface area contributed by atoms with Crippen LogP contribution in [0.4, 0.5) is 0 Å². The van der Waals surface area contributed by atoms with Gasteiger partial charge in [0.15, 0.2) is 10.8 Å². The molecule has 6 nitrogen and oxygen atoms in total. The van der Waals surface area contributed by atoms with Gasteiger partial charge in [-0.1, -0.05) is 65.9 Å². The topological polar surface area (TPSA) is 59.2 Å². The zero-order chi connectivity index (χ0) is 18.9. The van der Waals surface area contributed by atoms with Gasteiger partial charge in [-0.3, -0.25) is 4.90 Å². The summed E-state index contributed by atoms with van der Waals surface area (Å²) in [6.45, 7) is 1.52. The predicted molar refractivity (Wildman–Crippen MR) is 111 cm³/mol. The molecule has 3 heterocycles. The van der Waals surface area contributed by atoms with Gasteiger partial charge < -0.3 is 0 Å². The average molecular weight is 386 g/mol. The second-order valence-corrected chi connectivity index (χ2v) is 7.72. The fourth-order valence-electron chi connectivity index (χ4n) is 3.24. The van der Waals surface area contributed by atoms with Crippen LogP contribution in [0.1, 0.15) is 11.4 Å². The lowest BCUT2D eigenvalue weighted by atomic mass is 10.2. The zero-order valence-corrected chi connectivity index (χ0v) is 16.2. The molecule has 2 aromatic carbocycles. The third kappa shape index (κ3) is 3.26. The van der Waals surface area contributed by atoms with Crippen LogP contribution in [0.15, 0.2) is 66.7 Å². The van der Waals surface area contributed by atoms with Crippen molar-refractivity contribution >= 4 is 27.2 Å². The monoisotopic (exact) mass is 386 g/mol. The number of aromatic nitrogens is 5. The van der Waals surface area contributed by atoms with Gasteiger partial charge in [-0.2, -0.15) is 9.61 Å². The van der Waals surface area contributed by atoms with Crippen LogP contribution >= 0.6 is 11.3 Å². The number of para-hydroxylation sites is 1. The highest BCUT2D eigenvalue weighted by atomic mass is 32.1. The van der Waals surface area contributed by atoms with E-state index in [0.717, 1.165) is 38.9 Å². The Morgan fingerprint density at radius 1 is 0.893 bits per heavy atom. The summed E-state index contributed by atoms with van der Waals surface area (Å²) in [5.41, 5.74) is 3.09. The molecule has 0 bridgehead atoms. The molecule has 0 unspecified atom stereocenters. The Kier molecular flexibility index (Phi) is 4.31. The molecule has 0 aliphatic rings. The number of rotatable bonds is 5. The van der Waals surface area contributed by atoms with Crippen molar-refractivity contribution in [2.24, 2.45) is 0 Å². The molecule has 0 amide bonds. The van der Waals surface area contributed by atoms with Crippen molar-refractivity contribution in [2.45, 2.75) is 13.1 Å². The lowest BCUT2D eigenvalue weighted by Crippen LogP contribution is -2.19. The standard InChI is InChI=1S/C21H18N6S/c1-26(13-15-7-3-2-4-8-15)14-19-23-24-21-27(19)25-20(28-21)18-12-11-16-9-5-6-10-17(16)22-18/h2-12H,13-14H2,1H3. The Bertz CT molecular complexity index is 1240. The van der Waals surface area contributed by atoms with E-state index in [9.17, 15) is 0 Å². The number of pyridine rings is 1. The second-order valence-electron chi connectivity index (χ2n) is 6.76. The molecule has 3 aromatic heterocycles. The molecular weight excluding hydrogens is 368 g/mol. The molecule has 0 fully saturated rings. The van der Waals surface area contributed by atoms with E-state index in [-0.39, 0.29) is 0 Å². The molecule has 5 aromatic rings. The van der Waals surface area contributed by atoms with Crippen LogP contribution in [0.25, 0.3) is 26.6 Å². The molecule has 0 radical (unpaired) electrons. The molecule has 0 N–H and O–H groups in total. The van der Waals surface area contributed by atoms with Gasteiger partial charge in [0.1, 0.15) is 5.69 Å². The maximum absolute atomic E-state index is 4.74. The summed E-state index contributed by atoms with van der Waals surface area (Å²) >= 11 is 1.51. The first-order chi connectivity index (χ1) is 13.8. The van der Waals surface area contributed by atoms with Gasteiger partial charge in [0, 0.05) is 11.9 Å². The van der Waals surface area contributed by atoms with Crippen molar-refractivity contribution < 1.29 is 0 Å². The molecule has 28 heavy (non-hydrogen) atoms. The van der Waals surface area contributed by atoms with E-state index in [0.29, 0.717) is 6.54 Å². The normalized spacial score (nSPS) is 11.6. The van der Waals surface area contributed by atoms with Gasteiger partial charge >= 0.3 is 0 Å². The van der Waals surface area contributed by atoms with E-state index in [4.69, 9.17) is 10.1 Å². The summed E-state index contributed by atoms with van der Waals surface area (Å²) in [6.07, 6.45) is 0. The van der Waals surface area contributed by atoms with Gasteiger partial charge in [0.05, 0.1) is 12.1 Å². The Morgan fingerprint density at radius 2 is 1.71 bits per heavy atom. The van der Waals surface area contributed by atoms with E-state index < -0.39 is 0 Å². The molecule has 0 atom stereocenters. The smallest absolute Gasteiger partial charge is 0.235 e. The molecular formula is C21H18N6S. The SMILES string of the molecule is CN(Cc1ccccc1)Cc1nnc2sc(-c3ccc4ccccc4n3)nn12. The van der Waals surface area contributed by atoms with Crippen molar-refractivity contribution in [1.82, 2.24) is 29.7 Å². The van der Waals surface area contributed by atoms with Gasteiger partial charge in [-0.05, 0) is 24.7 Å². The van der Waals surface area contributed by atoms with Gasteiger partial charge in [0.2, 0.25) is 4.96 Å². The molecule has 0 saturated heterocycles. The Labute approximate surface area is 166 Å². The molecule has 5 rings (SSSR count). The summed E-state index contributed by atoms with van der Waals surface area (Å²) in [6, 6.07) is 22.6. The first-order valence-electron chi connectivity index (χ1n) is 9.06. The third-order valence-electron chi connectivity index (χ3n) is 4.58. The van der Waals surface area contributed by atoms with Gasteiger partial charge in [0.25, 0.3) is 0 Å². The highest BCUT2D eigenvalue weighted by Gasteiger charge is 2.15. The van der Waals surface area contributed by atoms with Crippen LogP contribution in [0.5, 0.6) is 0 Å². The average Bonchev–Trinajstić information content (AvgIpc) is 3.30. The van der Waals surface area contributed by atoms with Crippen LogP contribution in [0.3, 0.4) is 0 Å². The zero-order valence-electron chi connectivity index (χ0n) is 15.4. The highest BCUT2D eigenvalue weighted by molar-refractivity contribution is 7.19. The fraction of sp³-hybridized carbons (Fsp3) is 0.143. The number of nitrogens with zero attached hydrogens (tertiary/aromatic N) is 6. The third-order valence-corrected chi connectivity index (χ3v) is 5.50. The van der Waals surface area contributed by atoms with E-state index in [1.165, 1.54) is 16.9 Å². The minimum absolute atomic E-state index is 0.671. The van der Waals surface area contributed by atoms with Crippen molar-refractivity contribution in [3.63, 3.8) is 0 Å². The lowest BCUT2D eigenvalue weighted by molar-refractivity contribution is 0.308. The first kappa shape index (κ1) is 17.0. The van der Waals surface area contributed by atoms with Crippen LogP contribution in [-0.4, -0.2) is 36.7 Å². The Balaban J connectivity index is 1.41. The summed E-state index contributed by atoms with van der Waals surface area (Å²) in [4.78, 5) is 7.74. The molecule has 0 saturated carbocycles. The number of benzene rings is 2. The minimum Gasteiger partial charge on any atom is -0.295 e. The number of hydrogen-bond acceptors (Lipinski definition) is 6. The van der Waals surface area contributed by atoms with Gasteiger partial charge in [-0.25, -0.2) is 4.98 Å². The molecule has 0 aliphatic carbocycles. The number of hydrogen-bond donors (Lipinski definition) is 0. The Hall–Kier alpha value is -3.16. The number of fused-ring (bicyclic) bond motifs is 2. The summed E-state index contributed by atoms with van der Waals surface area (Å²) in [7, 11) is 2.08. The Morgan fingerprint density at radius 3 is 2.61 bits per heavy atom. The van der Waals surface area contributed by atoms with E-state index in [1.54, 1.807) is 0 Å². The van der Waals surface area contributed by atoms with E-state index in [2.05, 4.69) is 58.5 Å². The van der Waals surface area contributed by atoms with Crippen molar-refractivity contribution in [3.05, 3.63) is 78.1 Å². The van der Waals surface area contributed by atoms with Crippen LogP contribution in [-0.2, 0) is 13.1 Å². The molecule has 7 heteroatoms. The van der Waals surface area contributed by atoms with E-state index >= 15 is 0 Å². The highest BCUT2D eigenvalue weighted by Crippen LogP contribution is 2.26. The van der Waals surface area contributed by atoms with Crippen molar-refractivity contribution in [2.75, 3.05) is 7.05 Å². The maximum Gasteiger partial charge on any atom is 0.235 e. The summed E-state index contributed by atoms with van der Waals surface area (Å²) in [5.74, 6) is 0.830. The van der Waals surface area contributed by atoms with Gasteiger partial charge in [-0.15, -0.1) is 10.2 Å². The van der Waals surface area contributed by atoms with E-state index in [1.807, 2.05) is 34.8 Å². The molecule has 0 spiro atoms. The first-order valence-corrected chi connectivity index (χ1v) is 9.88. The van der Waals surface area contributed by atoms with Crippen molar-refractivity contribution in [3.8, 4) is 10.7 Å². The molecule has 0 aliphatic heterocycles. The summed E-state index contributed by atoms with van der Waals surface area (Å²) < 4.78 is 1.83. The predicted octanol–water partition coefficient (Wildman–Crippen LogP) is 4.03.